The van der Waals surface area contributed by atoms with E-state index < -0.39 is 0 Å². The molecule has 0 bridgehead atoms. The van der Waals surface area contributed by atoms with Crippen LogP contribution < -0.4 is 9.80 Å². The maximum absolute atomic E-state index is 2.27. The van der Waals surface area contributed by atoms with Crippen molar-refractivity contribution in [3.63, 3.8) is 0 Å². The fourth-order valence-corrected chi connectivity index (χ4v) is 2.82. The lowest BCUT2D eigenvalue weighted by molar-refractivity contribution is 0.698. The lowest BCUT2D eigenvalue weighted by atomic mass is 9.87. The molecule has 22 heavy (non-hydrogen) atoms. The summed E-state index contributed by atoms with van der Waals surface area (Å²) in [6.07, 6.45) is 2.37. The van der Waals surface area contributed by atoms with Crippen molar-refractivity contribution < 1.29 is 0 Å². The van der Waals surface area contributed by atoms with Gasteiger partial charge in [0.05, 0.1) is 0 Å². The third-order valence-electron chi connectivity index (χ3n) is 4.20. The van der Waals surface area contributed by atoms with Gasteiger partial charge >= 0.3 is 0 Å². The number of nitrogens with zero attached hydrogens (tertiary/aromatic N) is 2. The second kappa shape index (κ2) is 7.35. The molecule has 2 aromatic rings. The minimum atomic E-state index is 0.484. The smallest absolute Gasteiger partial charge is 0.0361 e. The van der Waals surface area contributed by atoms with E-state index in [1.807, 2.05) is 0 Å². The molecule has 0 unspecified atom stereocenters. The maximum Gasteiger partial charge on any atom is 0.0361 e. The molecule has 0 N–H and O–H groups in total. The normalized spacial score (nSPS) is 10.8. The standard InChI is InChI=1S/C20H28N2/c1-6-7-20(16-8-12-18(13-9-16)21(2)3)17-10-14-19(15-11-17)22(4)5/h8-15,20H,6-7H2,1-5H3. The molecule has 2 nitrogen and oxygen atoms in total. The Balaban J connectivity index is 2.28. The van der Waals surface area contributed by atoms with Crippen LogP contribution in [0.4, 0.5) is 11.4 Å². The Hall–Kier alpha value is -1.96. The fourth-order valence-electron chi connectivity index (χ4n) is 2.82. The maximum atomic E-state index is 2.27. The van der Waals surface area contributed by atoms with E-state index in [0.717, 1.165) is 0 Å². The van der Waals surface area contributed by atoms with Crippen LogP contribution in [0.15, 0.2) is 48.5 Å². The second-order valence-electron chi connectivity index (χ2n) is 6.31. The third kappa shape index (κ3) is 3.82. The number of rotatable bonds is 6. The van der Waals surface area contributed by atoms with Crippen molar-refractivity contribution >= 4 is 11.4 Å². The van der Waals surface area contributed by atoms with Crippen molar-refractivity contribution in [3.8, 4) is 0 Å². The van der Waals surface area contributed by atoms with Crippen LogP contribution in [0, 0.1) is 0 Å². The van der Waals surface area contributed by atoms with Crippen LogP contribution in [0.25, 0.3) is 0 Å². The Morgan fingerprint density at radius 3 is 1.32 bits per heavy atom. The van der Waals surface area contributed by atoms with Crippen LogP contribution in [-0.2, 0) is 0 Å². The first-order valence-corrected chi connectivity index (χ1v) is 8.07. The SMILES string of the molecule is CCCC(c1ccc(N(C)C)cc1)c1ccc(N(C)C)cc1. The van der Waals surface area contributed by atoms with Gasteiger partial charge in [-0.2, -0.15) is 0 Å². The molecule has 0 fully saturated rings. The van der Waals surface area contributed by atoms with Gasteiger partial charge in [0, 0.05) is 45.5 Å². The molecular formula is C20H28N2. The molecule has 0 atom stereocenters. The summed E-state index contributed by atoms with van der Waals surface area (Å²) in [5.74, 6) is 0.484. The first-order valence-electron chi connectivity index (χ1n) is 8.07. The first kappa shape index (κ1) is 16.4. The van der Waals surface area contributed by atoms with E-state index in [1.165, 1.54) is 35.3 Å². The summed E-state index contributed by atoms with van der Waals surface area (Å²) in [6.45, 7) is 2.26. The summed E-state index contributed by atoms with van der Waals surface area (Å²) in [5.41, 5.74) is 5.32. The average molecular weight is 296 g/mol. The Kier molecular flexibility index (Phi) is 5.48. The minimum Gasteiger partial charge on any atom is -0.378 e. The molecule has 2 heteroatoms. The molecule has 0 aromatic heterocycles. The minimum absolute atomic E-state index is 0.484. The van der Waals surface area contributed by atoms with E-state index >= 15 is 0 Å². The fraction of sp³-hybridized carbons (Fsp3) is 0.400. The van der Waals surface area contributed by atoms with Gasteiger partial charge in [-0.15, -0.1) is 0 Å². The number of hydrogen-bond acceptors (Lipinski definition) is 2. The summed E-state index contributed by atoms with van der Waals surface area (Å²) < 4.78 is 0. The van der Waals surface area contributed by atoms with E-state index in [-0.39, 0.29) is 0 Å². The van der Waals surface area contributed by atoms with Gasteiger partial charge in [0.25, 0.3) is 0 Å². The first-order chi connectivity index (χ1) is 10.5. The zero-order valence-electron chi connectivity index (χ0n) is 14.5. The van der Waals surface area contributed by atoms with Gasteiger partial charge in [-0.05, 0) is 41.8 Å². The highest BCUT2D eigenvalue weighted by Gasteiger charge is 2.13. The summed E-state index contributed by atoms with van der Waals surface area (Å²) >= 11 is 0. The van der Waals surface area contributed by atoms with E-state index in [4.69, 9.17) is 0 Å². The molecule has 0 amide bonds. The summed E-state index contributed by atoms with van der Waals surface area (Å²) in [6, 6.07) is 18.0. The molecular weight excluding hydrogens is 268 g/mol. The summed E-state index contributed by atoms with van der Waals surface area (Å²) in [7, 11) is 8.33. The van der Waals surface area contributed by atoms with Crippen molar-refractivity contribution in [2.75, 3.05) is 38.0 Å². The molecule has 0 radical (unpaired) electrons. The van der Waals surface area contributed by atoms with Crippen LogP contribution in [0.1, 0.15) is 36.8 Å². The topological polar surface area (TPSA) is 6.48 Å². The van der Waals surface area contributed by atoms with Gasteiger partial charge in [0.2, 0.25) is 0 Å². The molecule has 0 spiro atoms. The lowest BCUT2D eigenvalue weighted by Crippen LogP contribution is -2.09. The van der Waals surface area contributed by atoms with Gasteiger partial charge in [-0.25, -0.2) is 0 Å². The Morgan fingerprint density at radius 2 is 1.05 bits per heavy atom. The highest BCUT2D eigenvalue weighted by Crippen LogP contribution is 2.31. The van der Waals surface area contributed by atoms with Gasteiger partial charge in [-0.3, -0.25) is 0 Å². The second-order valence-corrected chi connectivity index (χ2v) is 6.31. The van der Waals surface area contributed by atoms with Gasteiger partial charge in [0.1, 0.15) is 0 Å². The van der Waals surface area contributed by atoms with Crippen LogP contribution in [0.2, 0.25) is 0 Å². The Bertz CT molecular complexity index is 516. The number of benzene rings is 2. The van der Waals surface area contributed by atoms with Crippen LogP contribution >= 0.6 is 0 Å². The van der Waals surface area contributed by atoms with Gasteiger partial charge in [0.15, 0.2) is 0 Å². The predicted molar refractivity (Wildman–Crippen MR) is 98.3 cm³/mol. The lowest BCUT2D eigenvalue weighted by Gasteiger charge is -2.20. The highest BCUT2D eigenvalue weighted by molar-refractivity contribution is 5.50. The van der Waals surface area contributed by atoms with Crippen LogP contribution in [0.3, 0.4) is 0 Å². The third-order valence-corrected chi connectivity index (χ3v) is 4.20. The van der Waals surface area contributed by atoms with Crippen LogP contribution in [0.5, 0.6) is 0 Å². The van der Waals surface area contributed by atoms with Crippen molar-refractivity contribution in [1.29, 1.82) is 0 Å². The Morgan fingerprint density at radius 1 is 0.682 bits per heavy atom. The zero-order chi connectivity index (χ0) is 16.1. The largest absolute Gasteiger partial charge is 0.378 e. The monoisotopic (exact) mass is 296 g/mol. The zero-order valence-corrected chi connectivity index (χ0v) is 14.5. The Labute approximate surface area is 135 Å². The molecule has 2 rings (SSSR count). The predicted octanol–water partition coefficient (Wildman–Crippen LogP) is 4.75. The number of anilines is 2. The molecule has 0 heterocycles. The molecule has 0 aliphatic rings. The molecule has 0 saturated heterocycles. The molecule has 0 aliphatic carbocycles. The van der Waals surface area contributed by atoms with E-state index in [0.29, 0.717) is 5.92 Å². The molecule has 2 aromatic carbocycles. The highest BCUT2D eigenvalue weighted by atomic mass is 15.1. The van der Waals surface area contributed by atoms with Crippen molar-refractivity contribution in [2.24, 2.45) is 0 Å². The average Bonchev–Trinajstić information content (AvgIpc) is 2.53. The molecule has 0 aliphatic heterocycles. The quantitative estimate of drug-likeness (QED) is 0.759. The van der Waals surface area contributed by atoms with Crippen molar-refractivity contribution in [1.82, 2.24) is 0 Å². The molecule has 118 valence electrons. The summed E-state index contributed by atoms with van der Waals surface area (Å²) in [4.78, 5) is 4.29. The van der Waals surface area contributed by atoms with Crippen molar-refractivity contribution in [2.45, 2.75) is 25.7 Å². The van der Waals surface area contributed by atoms with Crippen molar-refractivity contribution in [3.05, 3.63) is 59.7 Å². The van der Waals surface area contributed by atoms with E-state index in [2.05, 4.69) is 93.4 Å². The number of hydrogen-bond donors (Lipinski definition) is 0. The molecule has 0 saturated carbocycles. The van der Waals surface area contributed by atoms with Gasteiger partial charge in [-0.1, -0.05) is 37.6 Å². The van der Waals surface area contributed by atoms with Crippen LogP contribution in [-0.4, -0.2) is 28.2 Å². The van der Waals surface area contributed by atoms with E-state index in [9.17, 15) is 0 Å². The summed E-state index contributed by atoms with van der Waals surface area (Å²) in [5, 5.41) is 0. The van der Waals surface area contributed by atoms with E-state index in [1.54, 1.807) is 0 Å². The van der Waals surface area contributed by atoms with Gasteiger partial charge < -0.3 is 9.80 Å².